The summed E-state index contributed by atoms with van der Waals surface area (Å²) in [6.45, 7) is 3.69. The van der Waals surface area contributed by atoms with Crippen LogP contribution in [-0.2, 0) is 19.6 Å². The van der Waals surface area contributed by atoms with Crippen LogP contribution in [0.4, 0.5) is 0 Å². The molecule has 0 aromatic heterocycles. The third kappa shape index (κ3) is 6.60. The van der Waals surface area contributed by atoms with Crippen LogP contribution in [0.1, 0.15) is 69.2 Å². The van der Waals surface area contributed by atoms with Crippen LogP contribution in [0.2, 0.25) is 0 Å². The second kappa shape index (κ2) is 10.6. The summed E-state index contributed by atoms with van der Waals surface area (Å²) in [5.41, 5.74) is 0.0912. The van der Waals surface area contributed by atoms with Crippen LogP contribution in [-0.4, -0.2) is 39.0 Å². The Bertz CT molecular complexity index is 771. The fraction of sp³-hybridized carbons (Fsp3) is 0.600. The fourth-order valence-electron chi connectivity index (χ4n) is 3.13. The molecule has 0 saturated heterocycles. The minimum Gasteiger partial charge on any atom is -0.449 e. The van der Waals surface area contributed by atoms with Gasteiger partial charge >= 0.3 is 5.97 Å². The van der Waals surface area contributed by atoms with E-state index < -0.39 is 22.1 Å². The van der Waals surface area contributed by atoms with Crippen molar-refractivity contribution in [3.05, 3.63) is 29.8 Å². The summed E-state index contributed by atoms with van der Waals surface area (Å²) in [4.78, 5) is 24.7. The van der Waals surface area contributed by atoms with E-state index in [0.29, 0.717) is 13.0 Å². The van der Waals surface area contributed by atoms with Crippen molar-refractivity contribution in [2.24, 2.45) is 0 Å². The molecule has 8 heteroatoms. The molecular formula is C20H30N2O5S. The first-order valence-electron chi connectivity index (χ1n) is 9.94. The normalized spacial score (nSPS) is 16.8. The highest BCUT2D eigenvalue weighted by Crippen LogP contribution is 2.18. The van der Waals surface area contributed by atoms with Crippen molar-refractivity contribution in [1.82, 2.24) is 10.0 Å². The summed E-state index contributed by atoms with van der Waals surface area (Å²) in [6.07, 6.45) is 6.14. The first-order valence-corrected chi connectivity index (χ1v) is 11.4. The van der Waals surface area contributed by atoms with Gasteiger partial charge in [-0.15, -0.1) is 0 Å². The quantitative estimate of drug-likeness (QED) is 0.507. The highest BCUT2D eigenvalue weighted by atomic mass is 32.2. The second-order valence-electron chi connectivity index (χ2n) is 7.17. The summed E-state index contributed by atoms with van der Waals surface area (Å²) in [7, 11) is -3.68. The van der Waals surface area contributed by atoms with Gasteiger partial charge in [-0.3, -0.25) is 4.79 Å². The van der Waals surface area contributed by atoms with E-state index in [4.69, 9.17) is 4.74 Å². The molecular weight excluding hydrogens is 380 g/mol. The van der Waals surface area contributed by atoms with Gasteiger partial charge in [0.25, 0.3) is 5.91 Å². The molecule has 0 aliphatic heterocycles. The van der Waals surface area contributed by atoms with Crippen molar-refractivity contribution in [2.45, 2.75) is 75.8 Å². The molecule has 1 aliphatic rings. The van der Waals surface area contributed by atoms with Crippen LogP contribution < -0.4 is 10.0 Å². The smallest absolute Gasteiger partial charge is 0.338 e. The van der Waals surface area contributed by atoms with Crippen LogP contribution in [0.5, 0.6) is 0 Å². The van der Waals surface area contributed by atoms with E-state index in [9.17, 15) is 18.0 Å². The van der Waals surface area contributed by atoms with Gasteiger partial charge in [0.15, 0.2) is 6.10 Å². The van der Waals surface area contributed by atoms with Crippen molar-refractivity contribution >= 4 is 21.9 Å². The number of sulfonamides is 1. The maximum atomic E-state index is 12.4. The summed E-state index contributed by atoms with van der Waals surface area (Å²) < 4.78 is 32.1. The molecule has 1 aliphatic carbocycles. The lowest BCUT2D eigenvalue weighted by molar-refractivity contribution is -0.129. The van der Waals surface area contributed by atoms with E-state index in [1.54, 1.807) is 0 Å². The third-order valence-corrected chi connectivity index (χ3v) is 6.24. The van der Waals surface area contributed by atoms with Crippen molar-refractivity contribution in [1.29, 1.82) is 0 Å². The molecule has 0 heterocycles. The molecule has 2 N–H and O–H groups in total. The van der Waals surface area contributed by atoms with E-state index in [1.165, 1.54) is 44.0 Å². The molecule has 0 unspecified atom stereocenters. The predicted octanol–water partition coefficient (Wildman–Crippen LogP) is 2.76. The standard InChI is InChI=1S/C20H30N2O5S/c1-3-13-21-28(25,26)18-12-8-9-16(14-18)20(24)27-15(2)19(23)22-17-10-6-4-5-7-11-17/h8-9,12,14-15,17,21H,3-7,10-11,13H2,1-2H3,(H,22,23)/t15-/m0/s1. The Balaban J connectivity index is 1.97. The van der Waals surface area contributed by atoms with Crippen molar-refractivity contribution in [3.8, 4) is 0 Å². The molecule has 0 radical (unpaired) electrons. The summed E-state index contributed by atoms with van der Waals surface area (Å²) in [6, 6.07) is 5.74. The SMILES string of the molecule is CCCNS(=O)(=O)c1cccc(C(=O)O[C@@H](C)C(=O)NC2CCCCCC2)c1. The van der Waals surface area contributed by atoms with Crippen molar-refractivity contribution < 1.29 is 22.7 Å². The number of esters is 1. The number of nitrogens with one attached hydrogen (secondary N) is 2. The monoisotopic (exact) mass is 410 g/mol. The lowest BCUT2D eigenvalue weighted by Crippen LogP contribution is -2.41. The van der Waals surface area contributed by atoms with E-state index in [1.807, 2.05) is 6.92 Å². The minimum absolute atomic E-state index is 0.00837. The summed E-state index contributed by atoms with van der Waals surface area (Å²) in [5.74, 6) is -1.05. The van der Waals surface area contributed by atoms with Crippen molar-refractivity contribution in [2.75, 3.05) is 6.54 Å². The maximum absolute atomic E-state index is 12.4. The Morgan fingerprint density at radius 1 is 1.18 bits per heavy atom. The van der Waals surface area contributed by atoms with Gasteiger partial charge in [-0.25, -0.2) is 17.9 Å². The van der Waals surface area contributed by atoms with Gasteiger partial charge in [-0.05, 0) is 44.4 Å². The number of hydrogen-bond donors (Lipinski definition) is 2. The number of amides is 1. The predicted molar refractivity (Wildman–Crippen MR) is 106 cm³/mol. The molecule has 7 nitrogen and oxygen atoms in total. The largest absolute Gasteiger partial charge is 0.449 e. The van der Waals surface area contributed by atoms with E-state index in [0.717, 1.165) is 25.7 Å². The molecule has 2 rings (SSSR count). The highest BCUT2D eigenvalue weighted by Gasteiger charge is 2.23. The number of carbonyl (C=O) groups excluding carboxylic acids is 2. The summed E-state index contributed by atoms with van der Waals surface area (Å²) in [5, 5.41) is 2.95. The van der Waals surface area contributed by atoms with Gasteiger partial charge in [0, 0.05) is 12.6 Å². The maximum Gasteiger partial charge on any atom is 0.338 e. The van der Waals surface area contributed by atoms with Gasteiger partial charge in [0.2, 0.25) is 10.0 Å². The topological polar surface area (TPSA) is 102 Å². The van der Waals surface area contributed by atoms with Gasteiger partial charge in [0.1, 0.15) is 0 Å². The number of ether oxygens (including phenoxy) is 1. The Kier molecular flexibility index (Phi) is 8.44. The highest BCUT2D eigenvalue weighted by molar-refractivity contribution is 7.89. The Morgan fingerprint density at radius 2 is 1.86 bits per heavy atom. The number of rotatable bonds is 8. The van der Waals surface area contributed by atoms with Crippen LogP contribution in [0.15, 0.2) is 29.2 Å². The van der Waals surface area contributed by atoms with Crippen LogP contribution in [0.3, 0.4) is 0 Å². The van der Waals surface area contributed by atoms with Gasteiger partial charge in [-0.1, -0.05) is 38.7 Å². The lowest BCUT2D eigenvalue weighted by atomic mass is 10.1. The molecule has 1 aromatic rings. The molecule has 1 saturated carbocycles. The van der Waals surface area contributed by atoms with E-state index in [-0.39, 0.29) is 22.4 Å². The van der Waals surface area contributed by atoms with E-state index >= 15 is 0 Å². The zero-order chi connectivity index (χ0) is 20.6. The van der Waals surface area contributed by atoms with Crippen LogP contribution in [0.25, 0.3) is 0 Å². The Hall–Kier alpha value is -1.93. The molecule has 1 fully saturated rings. The van der Waals surface area contributed by atoms with E-state index in [2.05, 4.69) is 10.0 Å². The zero-order valence-electron chi connectivity index (χ0n) is 16.6. The molecule has 0 bridgehead atoms. The molecule has 0 spiro atoms. The molecule has 156 valence electrons. The molecule has 1 atom stereocenters. The van der Waals surface area contributed by atoms with Crippen LogP contribution in [0, 0.1) is 0 Å². The molecule has 1 aromatic carbocycles. The molecule has 28 heavy (non-hydrogen) atoms. The minimum atomic E-state index is -3.68. The van der Waals surface area contributed by atoms with Gasteiger partial charge in [-0.2, -0.15) is 0 Å². The second-order valence-corrected chi connectivity index (χ2v) is 8.94. The molecule has 1 amide bonds. The number of hydrogen-bond acceptors (Lipinski definition) is 5. The lowest BCUT2D eigenvalue weighted by Gasteiger charge is -2.19. The zero-order valence-corrected chi connectivity index (χ0v) is 17.4. The Morgan fingerprint density at radius 3 is 2.50 bits per heavy atom. The summed E-state index contributed by atoms with van der Waals surface area (Å²) >= 11 is 0. The number of carbonyl (C=O) groups is 2. The number of benzene rings is 1. The van der Waals surface area contributed by atoms with Gasteiger partial charge < -0.3 is 10.1 Å². The first kappa shape index (κ1) is 22.4. The third-order valence-electron chi connectivity index (χ3n) is 4.78. The van der Waals surface area contributed by atoms with Gasteiger partial charge in [0.05, 0.1) is 10.5 Å². The fourth-order valence-corrected chi connectivity index (χ4v) is 4.31. The Labute approximate surface area is 167 Å². The van der Waals surface area contributed by atoms with Crippen molar-refractivity contribution in [3.63, 3.8) is 0 Å². The average molecular weight is 411 g/mol. The average Bonchev–Trinajstić information content (AvgIpc) is 2.95. The first-order chi connectivity index (χ1) is 13.3. The van der Waals surface area contributed by atoms with Crippen LogP contribution >= 0.6 is 0 Å².